The number of aromatic amines is 1. The highest BCUT2D eigenvalue weighted by atomic mass is 16.3. The van der Waals surface area contributed by atoms with Gasteiger partial charge in [-0.3, -0.25) is 5.10 Å². The van der Waals surface area contributed by atoms with Crippen LogP contribution in [0.2, 0.25) is 0 Å². The summed E-state index contributed by atoms with van der Waals surface area (Å²) in [6, 6.07) is 0. The molecule has 11 heavy (non-hydrogen) atoms. The monoisotopic (exact) mass is 153 g/mol. The van der Waals surface area contributed by atoms with E-state index in [4.69, 9.17) is 5.11 Å². The van der Waals surface area contributed by atoms with Crippen molar-refractivity contribution in [1.29, 1.82) is 0 Å². The summed E-state index contributed by atoms with van der Waals surface area (Å²) in [5, 5.41) is 15.5. The van der Waals surface area contributed by atoms with Crippen LogP contribution in [0.15, 0.2) is 0 Å². The van der Waals surface area contributed by atoms with E-state index < -0.39 is 0 Å². The van der Waals surface area contributed by atoms with E-state index in [-0.39, 0.29) is 6.61 Å². The van der Waals surface area contributed by atoms with Crippen LogP contribution in [0.25, 0.3) is 0 Å². The van der Waals surface area contributed by atoms with E-state index in [9.17, 15) is 0 Å². The first kappa shape index (κ1) is 6.79. The van der Waals surface area contributed by atoms with E-state index in [1.807, 2.05) is 0 Å². The summed E-state index contributed by atoms with van der Waals surface area (Å²) in [5.74, 6) is 2.32. The number of rotatable bonds is 3. The molecule has 2 rings (SSSR count). The van der Waals surface area contributed by atoms with Gasteiger partial charge in [0.1, 0.15) is 5.82 Å². The van der Waals surface area contributed by atoms with Crippen LogP contribution in [0.4, 0.5) is 0 Å². The van der Waals surface area contributed by atoms with Crippen molar-refractivity contribution in [1.82, 2.24) is 15.2 Å². The van der Waals surface area contributed by atoms with Crippen molar-refractivity contribution in [3.05, 3.63) is 11.6 Å². The minimum absolute atomic E-state index is 0.138. The molecule has 1 aliphatic rings. The maximum absolute atomic E-state index is 8.60. The average molecular weight is 153 g/mol. The van der Waals surface area contributed by atoms with Crippen molar-refractivity contribution in [3.8, 4) is 0 Å². The fourth-order valence-corrected chi connectivity index (χ4v) is 1.05. The Morgan fingerprint density at radius 3 is 3.00 bits per heavy atom. The van der Waals surface area contributed by atoms with Crippen molar-refractivity contribution in [3.63, 3.8) is 0 Å². The van der Waals surface area contributed by atoms with Crippen molar-refractivity contribution in [2.75, 3.05) is 6.61 Å². The highest BCUT2D eigenvalue weighted by Crippen LogP contribution is 2.37. The van der Waals surface area contributed by atoms with Crippen molar-refractivity contribution in [2.45, 2.75) is 25.2 Å². The maximum atomic E-state index is 8.60. The third-order valence-corrected chi connectivity index (χ3v) is 1.84. The Kier molecular flexibility index (Phi) is 1.62. The van der Waals surface area contributed by atoms with E-state index in [0.717, 1.165) is 11.6 Å². The van der Waals surface area contributed by atoms with Gasteiger partial charge in [0.05, 0.1) is 6.61 Å². The number of aliphatic hydroxyl groups is 1. The topological polar surface area (TPSA) is 61.8 Å². The zero-order chi connectivity index (χ0) is 7.68. The summed E-state index contributed by atoms with van der Waals surface area (Å²) in [7, 11) is 0. The largest absolute Gasteiger partial charge is 0.396 e. The summed E-state index contributed by atoms with van der Waals surface area (Å²) in [4.78, 5) is 4.24. The van der Waals surface area contributed by atoms with Crippen LogP contribution in [0.5, 0.6) is 0 Å². The highest BCUT2D eigenvalue weighted by molar-refractivity contribution is 5.04. The van der Waals surface area contributed by atoms with Crippen LogP contribution >= 0.6 is 0 Å². The summed E-state index contributed by atoms with van der Waals surface area (Å²) in [5.41, 5.74) is 0. The standard InChI is InChI=1S/C7H11N3O/c11-4-3-6-8-7(10-9-6)5-1-2-5/h5,11H,1-4H2,(H,8,9,10). The Bertz CT molecular complexity index is 242. The van der Waals surface area contributed by atoms with Crippen LogP contribution in [0.1, 0.15) is 30.4 Å². The molecule has 0 radical (unpaired) electrons. The molecule has 1 saturated carbocycles. The fourth-order valence-electron chi connectivity index (χ4n) is 1.05. The second-order valence-corrected chi connectivity index (χ2v) is 2.89. The van der Waals surface area contributed by atoms with E-state index >= 15 is 0 Å². The molecule has 0 amide bonds. The first-order chi connectivity index (χ1) is 5.40. The van der Waals surface area contributed by atoms with Gasteiger partial charge in [0.2, 0.25) is 0 Å². The zero-order valence-corrected chi connectivity index (χ0v) is 6.25. The molecule has 0 aromatic carbocycles. The van der Waals surface area contributed by atoms with Gasteiger partial charge in [0.25, 0.3) is 0 Å². The van der Waals surface area contributed by atoms with Crippen LogP contribution in [0.3, 0.4) is 0 Å². The van der Waals surface area contributed by atoms with Crippen LogP contribution in [0, 0.1) is 0 Å². The molecule has 4 nitrogen and oxygen atoms in total. The van der Waals surface area contributed by atoms with Crippen molar-refractivity contribution < 1.29 is 5.11 Å². The number of aromatic nitrogens is 3. The Morgan fingerprint density at radius 2 is 2.36 bits per heavy atom. The highest BCUT2D eigenvalue weighted by Gasteiger charge is 2.27. The Hall–Kier alpha value is -0.900. The van der Waals surface area contributed by atoms with Gasteiger partial charge >= 0.3 is 0 Å². The molecule has 60 valence electrons. The van der Waals surface area contributed by atoms with E-state index in [2.05, 4.69) is 15.2 Å². The molecule has 0 saturated heterocycles. The van der Waals surface area contributed by atoms with Crippen LogP contribution in [-0.2, 0) is 6.42 Å². The van der Waals surface area contributed by atoms with Gasteiger partial charge in [0.15, 0.2) is 5.82 Å². The number of hydrogen-bond acceptors (Lipinski definition) is 3. The van der Waals surface area contributed by atoms with Crippen LogP contribution < -0.4 is 0 Å². The lowest BCUT2D eigenvalue weighted by atomic mass is 10.4. The van der Waals surface area contributed by atoms with E-state index in [1.54, 1.807) is 0 Å². The smallest absolute Gasteiger partial charge is 0.153 e. The lowest BCUT2D eigenvalue weighted by molar-refractivity contribution is 0.296. The van der Waals surface area contributed by atoms with Gasteiger partial charge in [-0.2, -0.15) is 5.10 Å². The van der Waals surface area contributed by atoms with Crippen molar-refractivity contribution in [2.24, 2.45) is 0 Å². The third kappa shape index (κ3) is 1.40. The summed E-state index contributed by atoms with van der Waals surface area (Å²) in [6.07, 6.45) is 3.02. The maximum Gasteiger partial charge on any atom is 0.153 e. The molecular formula is C7H11N3O. The van der Waals surface area contributed by atoms with E-state index in [1.165, 1.54) is 12.8 Å². The average Bonchev–Trinajstić information content (AvgIpc) is 2.75. The molecule has 1 heterocycles. The molecule has 0 spiro atoms. The summed E-state index contributed by atoms with van der Waals surface area (Å²) in [6.45, 7) is 0.138. The number of nitrogens with zero attached hydrogens (tertiary/aromatic N) is 2. The minimum Gasteiger partial charge on any atom is -0.396 e. The molecule has 4 heteroatoms. The quantitative estimate of drug-likeness (QED) is 0.652. The van der Waals surface area contributed by atoms with Gasteiger partial charge < -0.3 is 5.11 Å². The number of H-pyrrole nitrogens is 1. The van der Waals surface area contributed by atoms with Gasteiger partial charge in [-0.1, -0.05) is 0 Å². The number of hydrogen-bond donors (Lipinski definition) is 2. The number of nitrogens with one attached hydrogen (secondary N) is 1. The van der Waals surface area contributed by atoms with Gasteiger partial charge in [-0.05, 0) is 12.8 Å². The van der Waals surface area contributed by atoms with Crippen LogP contribution in [-0.4, -0.2) is 26.9 Å². The SMILES string of the molecule is OCCc1nc(C2CC2)n[nH]1. The first-order valence-electron chi connectivity index (χ1n) is 3.92. The molecule has 1 aliphatic carbocycles. The Labute approximate surface area is 64.7 Å². The molecule has 0 bridgehead atoms. The fraction of sp³-hybridized carbons (Fsp3) is 0.714. The third-order valence-electron chi connectivity index (χ3n) is 1.84. The first-order valence-corrected chi connectivity index (χ1v) is 3.92. The van der Waals surface area contributed by atoms with Crippen molar-refractivity contribution >= 4 is 0 Å². The predicted molar refractivity (Wildman–Crippen MR) is 39.1 cm³/mol. The second kappa shape index (κ2) is 2.62. The number of aliphatic hydroxyl groups excluding tert-OH is 1. The molecule has 2 N–H and O–H groups in total. The molecule has 1 aromatic heterocycles. The summed E-state index contributed by atoms with van der Waals surface area (Å²) >= 11 is 0. The molecule has 0 unspecified atom stereocenters. The van der Waals surface area contributed by atoms with Gasteiger partial charge in [-0.15, -0.1) is 0 Å². The Morgan fingerprint density at radius 1 is 1.55 bits per heavy atom. The molecule has 0 aliphatic heterocycles. The molecular weight excluding hydrogens is 142 g/mol. The molecule has 0 atom stereocenters. The summed E-state index contributed by atoms with van der Waals surface area (Å²) < 4.78 is 0. The normalized spacial score (nSPS) is 17.2. The Balaban J connectivity index is 2.06. The second-order valence-electron chi connectivity index (χ2n) is 2.89. The minimum atomic E-state index is 0.138. The lowest BCUT2D eigenvalue weighted by Crippen LogP contribution is -1.92. The van der Waals surface area contributed by atoms with Gasteiger partial charge in [-0.25, -0.2) is 4.98 Å². The zero-order valence-electron chi connectivity index (χ0n) is 6.25. The van der Waals surface area contributed by atoms with E-state index in [0.29, 0.717) is 12.3 Å². The molecule has 1 aromatic rings. The predicted octanol–water partition coefficient (Wildman–Crippen LogP) is 0.217. The van der Waals surface area contributed by atoms with Gasteiger partial charge in [0, 0.05) is 12.3 Å². The molecule has 1 fully saturated rings. The lowest BCUT2D eigenvalue weighted by Gasteiger charge is -1.86.